The summed E-state index contributed by atoms with van der Waals surface area (Å²) < 4.78 is 5.86. The monoisotopic (exact) mass is 387 g/mol. The second-order valence-electron chi connectivity index (χ2n) is 5.13. The summed E-state index contributed by atoms with van der Waals surface area (Å²) in [6.07, 6.45) is 0.196. The lowest BCUT2D eigenvalue weighted by Crippen LogP contribution is -2.07. The second kappa shape index (κ2) is 8.45. The molecule has 0 radical (unpaired) electrons. The summed E-state index contributed by atoms with van der Waals surface area (Å²) in [7, 11) is 0. The first-order valence-corrected chi connectivity index (χ1v) is 8.29. The van der Waals surface area contributed by atoms with Crippen molar-refractivity contribution in [3.8, 4) is 0 Å². The van der Waals surface area contributed by atoms with Crippen LogP contribution in [0.15, 0.2) is 65.3 Å². The standard InChI is InChI=1S/C19H18BrNO3/c1-3-24-19(23)15-6-10-17(11-7-15)21-13(2)12-18(22)14-4-8-16(20)9-5-14/h4-11,21H,2-3,12H2,1H3. The van der Waals surface area contributed by atoms with E-state index in [1.807, 2.05) is 12.1 Å². The first-order valence-electron chi connectivity index (χ1n) is 7.50. The third-order valence-corrected chi connectivity index (χ3v) is 3.79. The Bertz CT molecular complexity index is 736. The minimum Gasteiger partial charge on any atom is -0.462 e. The van der Waals surface area contributed by atoms with Gasteiger partial charge >= 0.3 is 5.97 Å². The number of rotatable bonds is 7. The molecule has 0 spiro atoms. The maximum atomic E-state index is 12.2. The van der Waals surface area contributed by atoms with Crippen LogP contribution in [0.3, 0.4) is 0 Å². The summed E-state index contributed by atoms with van der Waals surface area (Å²) in [4.78, 5) is 23.8. The number of ketones is 1. The Morgan fingerprint density at radius 2 is 1.62 bits per heavy atom. The third-order valence-electron chi connectivity index (χ3n) is 3.26. The Labute approximate surface area is 149 Å². The van der Waals surface area contributed by atoms with Gasteiger partial charge in [-0.2, -0.15) is 0 Å². The van der Waals surface area contributed by atoms with E-state index in [1.165, 1.54) is 0 Å². The summed E-state index contributed by atoms with van der Waals surface area (Å²) in [6, 6.07) is 14.0. The molecule has 2 aromatic carbocycles. The van der Waals surface area contributed by atoms with Gasteiger partial charge in [-0.05, 0) is 43.3 Å². The number of Topliss-reactive ketones (excluding diaryl/α,β-unsaturated/α-hetero) is 1. The highest BCUT2D eigenvalue weighted by Gasteiger charge is 2.09. The Balaban J connectivity index is 1.93. The van der Waals surface area contributed by atoms with E-state index in [-0.39, 0.29) is 18.2 Å². The van der Waals surface area contributed by atoms with E-state index in [1.54, 1.807) is 43.3 Å². The summed E-state index contributed by atoms with van der Waals surface area (Å²) in [6.45, 7) is 5.99. The third kappa shape index (κ3) is 5.06. The molecule has 0 amide bonds. The molecule has 0 unspecified atom stereocenters. The molecule has 24 heavy (non-hydrogen) atoms. The van der Waals surface area contributed by atoms with Crippen LogP contribution in [-0.2, 0) is 4.74 Å². The molecule has 0 fully saturated rings. The van der Waals surface area contributed by atoms with Crippen LogP contribution in [0.4, 0.5) is 5.69 Å². The number of hydrogen-bond donors (Lipinski definition) is 1. The zero-order valence-electron chi connectivity index (χ0n) is 13.3. The normalized spacial score (nSPS) is 10.1. The van der Waals surface area contributed by atoms with Crippen molar-refractivity contribution in [3.63, 3.8) is 0 Å². The lowest BCUT2D eigenvalue weighted by Gasteiger charge is -2.10. The molecule has 0 aliphatic carbocycles. The molecule has 124 valence electrons. The summed E-state index contributed by atoms with van der Waals surface area (Å²) in [5, 5.41) is 3.08. The minimum absolute atomic E-state index is 0.0110. The number of benzene rings is 2. The van der Waals surface area contributed by atoms with Crippen molar-refractivity contribution < 1.29 is 14.3 Å². The van der Waals surface area contributed by atoms with Gasteiger partial charge in [0.15, 0.2) is 5.78 Å². The number of carbonyl (C=O) groups excluding carboxylic acids is 2. The Hall–Kier alpha value is -2.40. The molecule has 0 heterocycles. The van der Waals surface area contributed by atoms with Crippen LogP contribution in [0.25, 0.3) is 0 Å². The number of hydrogen-bond acceptors (Lipinski definition) is 4. The van der Waals surface area contributed by atoms with Crippen LogP contribution in [0.5, 0.6) is 0 Å². The molecule has 0 aromatic heterocycles. The average Bonchev–Trinajstić information content (AvgIpc) is 2.56. The first-order chi connectivity index (χ1) is 11.5. The molecule has 4 nitrogen and oxygen atoms in total. The number of halogens is 1. The van der Waals surface area contributed by atoms with Crippen LogP contribution in [0.2, 0.25) is 0 Å². The van der Waals surface area contributed by atoms with Gasteiger partial charge in [0.05, 0.1) is 18.6 Å². The van der Waals surface area contributed by atoms with E-state index < -0.39 is 0 Å². The van der Waals surface area contributed by atoms with Crippen molar-refractivity contribution in [1.29, 1.82) is 0 Å². The van der Waals surface area contributed by atoms with Crippen molar-refractivity contribution in [1.82, 2.24) is 0 Å². The van der Waals surface area contributed by atoms with E-state index in [2.05, 4.69) is 27.8 Å². The van der Waals surface area contributed by atoms with Crippen LogP contribution in [0.1, 0.15) is 34.1 Å². The van der Waals surface area contributed by atoms with Gasteiger partial charge in [0.1, 0.15) is 0 Å². The summed E-state index contributed by atoms with van der Waals surface area (Å²) in [5.41, 5.74) is 2.47. The molecular formula is C19H18BrNO3. The predicted molar refractivity (Wildman–Crippen MR) is 98.3 cm³/mol. The molecule has 0 atom stereocenters. The molecule has 2 rings (SSSR count). The van der Waals surface area contributed by atoms with Gasteiger partial charge in [-0.15, -0.1) is 0 Å². The van der Waals surface area contributed by atoms with Crippen molar-refractivity contribution in [3.05, 3.63) is 76.4 Å². The lowest BCUT2D eigenvalue weighted by atomic mass is 10.1. The lowest BCUT2D eigenvalue weighted by molar-refractivity contribution is 0.0526. The Morgan fingerprint density at radius 3 is 2.21 bits per heavy atom. The fraction of sp³-hybridized carbons (Fsp3) is 0.158. The molecule has 2 aromatic rings. The highest BCUT2D eigenvalue weighted by atomic mass is 79.9. The number of esters is 1. The van der Waals surface area contributed by atoms with Crippen molar-refractivity contribution in [2.24, 2.45) is 0 Å². The summed E-state index contributed by atoms with van der Waals surface area (Å²) >= 11 is 3.34. The van der Waals surface area contributed by atoms with Gasteiger partial charge in [0, 0.05) is 21.4 Å². The van der Waals surface area contributed by atoms with Gasteiger partial charge in [-0.25, -0.2) is 4.79 Å². The largest absolute Gasteiger partial charge is 0.462 e. The highest BCUT2D eigenvalue weighted by molar-refractivity contribution is 9.10. The van der Waals surface area contributed by atoms with E-state index in [9.17, 15) is 9.59 Å². The Kier molecular flexibility index (Phi) is 6.32. The molecule has 0 aliphatic heterocycles. The van der Waals surface area contributed by atoms with Gasteiger partial charge in [-0.1, -0.05) is 34.6 Å². The smallest absolute Gasteiger partial charge is 0.338 e. The average molecular weight is 388 g/mol. The fourth-order valence-electron chi connectivity index (χ4n) is 2.08. The van der Waals surface area contributed by atoms with E-state index >= 15 is 0 Å². The van der Waals surface area contributed by atoms with E-state index in [0.717, 1.165) is 10.2 Å². The highest BCUT2D eigenvalue weighted by Crippen LogP contribution is 2.16. The van der Waals surface area contributed by atoms with Crippen LogP contribution < -0.4 is 5.32 Å². The minimum atomic E-state index is -0.353. The maximum absolute atomic E-state index is 12.2. The quantitative estimate of drug-likeness (QED) is 0.546. The molecule has 1 N–H and O–H groups in total. The molecule has 0 aliphatic rings. The Morgan fingerprint density at radius 1 is 1.04 bits per heavy atom. The number of ether oxygens (including phenoxy) is 1. The number of nitrogens with one attached hydrogen (secondary N) is 1. The second-order valence-corrected chi connectivity index (χ2v) is 6.05. The molecule has 5 heteroatoms. The summed E-state index contributed by atoms with van der Waals surface area (Å²) in [5.74, 6) is -0.364. The SMILES string of the molecule is C=C(CC(=O)c1ccc(Br)cc1)Nc1ccc(C(=O)OCC)cc1. The van der Waals surface area contributed by atoms with Gasteiger partial charge in [0.25, 0.3) is 0 Å². The molecule has 0 bridgehead atoms. The van der Waals surface area contributed by atoms with Crippen LogP contribution in [0, 0.1) is 0 Å². The van der Waals surface area contributed by atoms with Crippen LogP contribution in [-0.4, -0.2) is 18.4 Å². The van der Waals surface area contributed by atoms with Crippen molar-refractivity contribution in [2.45, 2.75) is 13.3 Å². The van der Waals surface area contributed by atoms with Gasteiger partial charge in [0.2, 0.25) is 0 Å². The predicted octanol–water partition coefficient (Wildman–Crippen LogP) is 4.82. The first kappa shape index (κ1) is 17.9. The zero-order valence-corrected chi connectivity index (χ0v) is 14.9. The zero-order chi connectivity index (χ0) is 17.5. The number of allylic oxidation sites excluding steroid dienone is 1. The molecule has 0 saturated carbocycles. The topological polar surface area (TPSA) is 55.4 Å². The fourth-order valence-corrected chi connectivity index (χ4v) is 2.35. The molecule has 0 saturated heterocycles. The molecular weight excluding hydrogens is 370 g/mol. The van der Waals surface area contributed by atoms with E-state index in [4.69, 9.17) is 4.74 Å². The van der Waals surface area contributed by atoms with Gasteiger partial charge in [-0.3, -0.25) is 4.79 Å². The van der Waals surface area contributed by atoms with Crippen molar-refractivity contribution >= 4 is 33.4 Å². The maximum Gasteiger partial charge on any atom is 0.338 e. The van der Waals surface area contributed by atoms with E-state index in [0.29, 0.717) is 23.4 Å². The van der Waals surface area contributed by atoms with Crippen molar-refractivity contribution in [2.75, 3.05) is 11.9 Å². The van der Waals surface area contributed by atoms with Gasteiger partial charge < -0.3 is 10.1 Å². The number of carbonyl (C=O) groups is 2. The van der Waals surface area contributed by atoms with Crippen LogP contribution >= 0.6 is 15.9 Å². The number of anilines is 1.